The first-order valence-corrected chi connectivity index (χ1v) is 6.35. The number of nitrogens with one attached hydrogen (secondary N) is 1. The summed E-state index contributed by atoms with van der Waals surface area (Å²) in [5, 5.41) is 0. The lowest BCUT2D eigenvalue weighted by Gasteiger charge is -2.15. The van der Waals surface area contributed by atoms with Crippen LogP contribution in [0.25, 0.3) is 0 Å². The number of fused-ring (bicyclic) bond motifs is 1. The van der Waals surface area contributed by atoms with Crippen LogP contribution in [0, 0.1) is 11.8 Å². The van der Waals surface area contributed by atoms with Gasteiger partial charge in [0.25, 0.3) is 0 Å². The summed E-state index contributed by atoms with van der Waals surface area (Å²) in [7, 11) is 0. The van der Waals surface area contributed by atoms with Crippen LogP contribution in [0.2, 0.25) is 0 Å². The molecule has 2 aliphatic rings. The van der Waals surface area contributed by atoms with Crippen LogP contribution in [-0.4, -0.2) is 28.0 Å². The standard InChI is InChI=1S/C12H19N5/c13-16-12-5-14-11(4-15-12)8-17-6-9-2-1-3-10(9)7-17/h4-5,9-10H,1-3,6-8,13H2,(H,15,16). The summed E-state index contributed by atoms with van der Waals surface area (Å²) in [6.07, 6.45) is 7.77. The van der Waals surface area contributed by atoms with Gasteiger partial charge in [-0.2, -0.15) is 0 Å². The van der Waals surface area contributed by atoms with E-state index < -0.39 is 0 Å². The molecule has 0 bridgehead atoms. The number of aromatic nitrogens is 2. The van der Waals surface area contributed by atoms with Crippen LogP contribution in [0.3, 0.4) is 0 Å². The number of likely N-dealkylation sites (tertiary alicyclic amines) is 1. The topological polar surface area (TPSA) is 67.1 Å². The molecule has 2 atom stereocenters. The van der Waals surface area contributed by atoms with Crippen molar-refractivity contribution in [3.8, 4) is 0 Å². The predicted octanol–water partition coefficient (Wildman–Crippen LogP) is 0.994. The van der Waals surface area contributed by atoms with Crippen molar-refractivity contribution in [1.82, 2.24) is 14.9 Å². The van der Waals surface area contributed by atoms with Crippen LogP contribution in [-0.2, 0) is 6.54 Å². The van der Waals surface area contributed by atoms with Crippen LogP contribution < -0.4 is 11.3 Å². The van der Waals surface area contributed by atoms with Crippen LogP contribution >= 0.6 is 0 Å². The first kappa shape index (κ1) is 10.9. The van der Waals surface area contributed by atoms with Crippen molar-refractivity contribution in [1.29, 1.82) is 0 Å². The minimum atomic E-state index is 0.618. The van der Waals surface area contributed by atoms with Gasteiger partial charge in [0.15, 0.2) is 5.82 Å². The van der Waals surface area contributed by atoms with E-state index in [0.29, 0.717) is 5.82 Å². The summed E-state index contributed by atoms with van der Waals surface area (Å²) in [5.41, 5.74) is 3.52. The van der Waals surface area contributed by atoms with E-state index in [1.165, 1.54) is 32.4 Å². The van der Waals surface area contributed by atoms with Gasteiger partial charge in [0.1, 0.15) is 0 Å². The number of nitrogen functional groups attached to an aromatic ring is 1. The zero-order valence-corrected chi connectivity index (χ0v) is 9.97. The Kier molecular flexibility index (Phi) is 2.94. The Morgan fingerprint density at radius 3 is 2.59 bits per heavy atom. The highest BCUT2D eigenvalue weighted by molar-refractivity contribution is 5.28. The Morgan fingerprint density at radius 2 is 2.00 bits per heavy atom. The van der Waals surface area contributed by atoms with E-state index in [4.69, 9.17) is 5.84 Å². The Labute approximate surface area is 101 Å². The quantitative estimate of drug-likeness (QED) is 0.602. The second kappa shape index (κ2) is 4.58. The molecule has 1 aromatic rings. The molecule has 2 fully saturated rings. The van der Waals surface area contributed by atoms with Gasteiger partial charge in [-0.25, -0.2) is 10.8 Å². The lowest BCUT2D eigenvalue weighted by molar-refractivity contribution is 0.299. The fourth-order valence-electron chi connectivity index (χ4n) is 3.20. The summed E-state index contributed by atoms with van der Waals surface area (Å²) in [5.74, 6) is 7.76. The molecule has 5 nitrogen and oxygen atoms in total. The monoisotopic (exact) mass is 233 g/mol. The smallest absolute Gasteiger partial charge is 0.158 e. The van der Waals surface area contributed by atoms with Crippen molar-refractivity contribution in [2.75, 3.05) is 18.5 Å². The van der Waals surface area contributed by atoms with E-state index in [1.54, 1.807) is 6.20 Å². The third kappa shape index (κ3) is 2.25. The Bertz CT molecular complexity index is 365. The molecule has 2 heterocycles. The SMILES string of the molecule is NNc1cnc(CN2CC3CCCC3C2)cn1. The molecule has 3 rings (SSSR count). The van der Waals surface area contributed by atoms with Gasteiger partial charge in [-0.15, -0.1) is 0 Å². The highest BCUT2D eigenvalue weighted by Crippen LogP contribution is 2.37. The summed E-state index contributed by atoms with van der Waals surface area (Å²) < 4.78 is 0. The normalized spacial score (nSPS) is 28.3. The van der Waals surface area contributed by atoms with E-state index in [0.717, 1.165) is 24.1 Å². The van der Waals surface area contributed by atoms with Gasteiger partial charge in [-0.3, -0.25) is 9.88 Å². The molecule has 0 radical (unpaired) electrons. The van der Waals surface area contributed by atoms with Crippen molar-refractivity contribution in [2.45, 2.75) is 25.8 Å². The Morgan fingerprint density at radius 1 is 1.24 bits per heavy atom. The van der Waals surface area contributed by atoms with Crippen molar-refractivity contribution >= 4 is 5.82 Å². The summed E-state index contributed by atoms with van der Waals surface area (Å²) in [4.78, 5) is 11.1. The first-order valence-electron chi connectivity index (χ1n) is 6.35. The molecule has 5 heteroatoms. The minimum Gasteiger partial charge on any atom is -0.307 e. The number of nitrogens with two attached hydrogens (primary N) is 1. The van der Waals surface area contributed by atoms with Crippen molar-refractivity contribution < 1.29 is 0 Å². The van der Waals surface area contributed by atoms with Crippen molar-refractivity contribution in [3.05, 3.63) is 18.1 Å². The average molecular weight is 233 g/mol. The maximum Gasteiger partial charge on any atom is 0.158 e. The third-order valence-corrected chi connectivity index (χ3v) is 4.04. The van der Waals surface area contributed by atoms with Gasteiger partial charge >= 0.3 is 0 Å². The fraction of sp³-hybridized carbons (Fsp3) is 0.667. The van der Waals surface area contributed by atoms with Crippen molar-refractivity contribution in [3.63, 3.8) is 0 Å². The van der Waals surface area contributed by atoms with Gasteiger partial charge in [0, 0.05) is 19.6 Å². The molecular weight excluding hydrogens is 214 g/mol. The second-order valence-electron chi connectivity index (χ2n) is 5.18. The zero-order valence-electron chi connectivity index (χ0n) is 9.97. The molecule has 0 spiro atoms. The van der Waals surface area contributed by atoms with Gasteiger partial charge in [0.2, 0.25) is 0 Å². The Hall–Kier alpha value is -1.20. The number of nitrogens with zero attached hydrogens (tertiary/aromatic N) is 3. The summed E-state index contributed by atoms with van der Waals surface area (Å²) in [6, 6.07) is 0. The minimum absolute atomic E-state index is 0.618. The second-order valence-corrected chi connectivity index (χ2v) is 5.18. The number of hydrogen-bond donors (Lipinski definition) is 2. The molecule has 1 saturated carbocycles. The number of rotatable bonds is 3. The maximum atomic E-state index is 5.26. The molecule has 2 unspecified atom stereocenters. The molecule has 1 aliphatic heterocycles. The number of hydrazine groups is 1. The molecule has 1 aromatic heterocycles. The lowest BCUT2D eigenvalue weighted by Crippen LogP contribution is -2.22. The number of anilines is 1. The Balaban J connectivity index is 1.59. The highest BCUT2D eigenvalue weighted by Gasteiger charge is 2.35. The van der Waals surface area contributed by atoms with Crippen LogP contribution in [0.5, 0.6) is 0 Å². The van der Waals surface area contributed by atoms with Crippen molar-refractivity contribution in [2.24, 2.45) is 17.7 Å². The van der Waals surface area contributed by atoms with Gasteiger partial charge in [0.05, 0.1) is 18.1 Å². The van der Waals surface area contributed by atoms with E-state index in [-0.39, 0.29) is 0 Å². The molecule has 3 N–H and O–H groups in total. The van der Waals surface area contributed by atoms with E-state index in [2.05, 4.69) is 20.3 Å². The van der Waals surface area contributed by atoms with E-state index in [1.807, 2.05) is 6.20 Å². The van der Waals surface area contributed by atoms with Gasteiger partial charge in [-0.05, 0) is 24.7 Å². The number of hydrogen-bond acceptors (Lipinski definition) is 5. The first-order chi connectivity index (χ1) is 8.35. The van der Waals surface area contributed by atoms with E-state index in [9.17, 15) is 0 Å². The molecule has 17 heavy (non-hydrogen) atoms. The molecular formula is C12H19N5. The third-order valence-electron chi connectivity index (χ3n) is 4.04. The van der Waals surface area contributed by atoms with Crippen LogP contribution in [0.1, 0.15) is 25.0 Å². The molecule has 0 aromatic carbocycles. The van der Waals surface area contributed by atoms with E-state index >= 15 is 0 Å². The lowest BCUT2D eigenvalue weighted by atomic mass is 10.0. The van der Waals surface area contributed by atoms with Crippen LogP contribution in [0.15, 0.2) is 12.4 Å². The zero-order chi connectivity index (χ0) is 11.7. The summed E-state index contributed by atoms with van der Waals surface area (Å²) >= 11 is 0. The molecule has 0 amide bonds. The van der Waals surface area contributed by atoms with Gasteiger partial charge < -0.3 is 5.43 Å². The largest absolute Gasteiger partial charge is 0.307 e. The average Bonchev–Trinajstić information content (AvgIpc) is 2.90. The predicted molar refractivity (Wildman–Crippen MR) is 66.0 cm³/mol. The summed E-state index contributed by atoms with van der Waals surface area (Å²) in [6.45, 7) is 3.40. The maximum absolute atomic E-state index is 5.26. The van der Waals surface area contributed by atoms with Gasteiger partial charge in [-0.1, -0.05) is 6.42 Å². The fourth-order valence-corrected chi connectivity index (χ4v) is 3.20. The molecule has 1 aliphatic carbocycles. The molecule has 92 valence electrons. The molecule has 1 saturated heterocycles. The highest BCUT2D eigenvalue weighted by atomic mass is 15.3. The van der Waals surface area contributed by atoms with Crippen LogP contribution in [0.4, 0.5) is 5.82 Å².